The average Bonchev–Trinajstić information content (AvgIpc) is 2.36. The molecule has 122 valence electrons. The van der Waals surface area contributed by atoms with Crippen molar-refractivity contribution in [2.75, 3.05) is 19.7 Å². The van der Waals surface area contributed by atoms with Gasteiger partial charge in [0, 0.05) is 6.54 Å². The summed E-state index contributed by atoms with van der Waals surface area (Å²) in [6, 6.07) is 0. The molecule has 0 aromatic carbocycles. The summed E-state index contributed by atoms with van der Waals surface area (Å²) in [6.07, 6.45) is 3.49. The number of ether oxygens (including phenoxy) is 1. The number of carbonyl (C=O) groups excluding carboxylic acids is 2. The topological polar surface area (TPSA) is 72.6 Å². The quantitative estimate of drug-likeness (QED) is 0.761. The van der Waals surface area contributed by atoms with E-state index in [1.807, 2.05) is 13.8 Å². The van der Waals surface area contributed by atoms with Crippen LogP contribution in [-0.4, -0.2) is 42.0 Å². The lowest BCUT2D eigenvalue weighted by Crippen LogP contribution is -2.58. The Morgan fingerprint density at radius 1 is 1.43 bits per heavy atom. The molecule has 0 saturated heterocycles. The molecule has 0 bridgehead atoms. The number of amides is 1. The molecule has 0 radical (unpaired) electrons. The highest BCUT2D eigenvalue weighted by atomic mass is 16.5. The van der Waals surface area contributed by atoms with Crippen LogP contribution in [-0.2, 0) is 14.3 Å². The van der Waals surface area contributed by atoms with E-state index < -0.39 is 5.54 Å². The SMILES string of the molecule is CCOC(=O)CN(CC(C)C)C(=O)C1(N)CCCC(C)C1. The first-order chi connectivity index (χ1) is 9.78. The number of hydrogen-bond acceptors (Lipinski definition) is 4. The van der Waals surface area contributed by atoms with E-state index in [0.29, 0.717) is 31.9 Å². The first kappa shape index (κ1) is 18.0. The van der Waals surface area contributed by atoms with Crippen LogP contribution in [0.2, 0.25) is 0 Å². The van der Waals surface area contributed by atoms with Gasteiger partial charge in [-0.25, -0.2) is 0 Å². The lowest BCUT2D eigenvalue weighted by atomic mass is 9.76. The minimum Gasteiger partial charge on any atom is -0.465 e. The Morgan fingerprint density at radius 3 is 2.62 bits per heavy atom. The van der Waals surface area contributed by atoms with E-state index in [1.54, 1.807) is 11.8 Å². The van der Waals surface area contributed by atoms with Gasteiger partial charge in [0.15, 0.2) is 0 Å². The molecule has 2 atom stereocenters. The van der Waals surface area contributed by atoms with Crippen LogP contribution in [0, 0.1) is 11.8 Å². The van der Waals surface area contributed by atoms with Gasteiger partial charge in [-0.3, -0.25) is 9.59 Å². The van der Waals surface area contributed by atoms with Crippen LogP contribution in [0.5, 0.6) is 0 Å². The molecule has 21 heavy (non-hydrogen) atoms. The minimum absolute atomic E-state index is 0.00180. The van der Waals surface area contributed by atoms with Crippen LogP contribution in [0.3, 0.4) is 0 Å². The van der Waals surface area contributed by atoms with Crippen LogP contribution in [0.25, 0.3) is 0 Å². The molecule has 1 amide bonds. The van der Waals surface area contributed by atoms with E-state index >= 15 is 0 Å². The van der Waals surface area contributed by atoms with Gasteiger partial charge in [-0.05, 0) is 31.6 Å². The van der Waals surface area contributed by atoms with Crippen LogP contribution < -0.4 is 5.73 Å². The van der Waals surface area contributed by atoms with Crippen molar-refractivity contribution in [1.29, 1.82) is 0 Å². The Hall–Kier alpha value is -1.10. The minimum atomic E-state index is -0.820. The summed E-state index contributed by atoms with van der Waals surface area (Å²) in [5, 5.41) is 0. The second-order valence-corrected chi connectivity index (χ2v) is 6.74. The van der Waals surface area contributed by atoms with Crippen molar-refractivity contribution >= 4 is 11.9 Å². The molecule has 1 aliphatic rings. The number of rotatable bonds is 6. The van der Waals surface area contributed by atoms with Crippen molar-refractivity contribution in [2.24, 2.45) is 17.6 Å². The van der Waals surface area contributed by atoms with E-state index in [1.165, 1.54) is 0 Å². The Labute approximate surface area is 128 Å². The van der Waals surface area contributed by atoms with Gasteiger partial charge < -0.3 is 15.4 Å². The molecule has 1 rings (SSSR count). The van der Waals surface area contributed by atoms with Gasteiger partial charge in [0.25, 0.3) is 0 Å². The molecular weight excluding hydrogens is 268 g/mol. The number of nitrogens with two attached hydrogens (primary N) is 1. The molecule has 0 spiro atoms. The maximum atomic E-state index is 12.8. The highest BCUT2D eigenvalue weighted by Gasteiger charge is 2.41. The second-order valence-electron chi connectivity index (χ2n) is 6.74. The molecule has 1 saturated carbocycles. The summed E-state index contributed by atoms with van der Waals surface area (Å²) in [7, 11) is 0. The van der Waals surface area contributed by atoms with E-state index in [9.17, 15) is 9.59 Å². The predicted octanol–water partition coefficient (Wildman–Crippen LogP) is 1.94. The lowest BCUT2D eigenvalue weighted by molar-refractivity contribution is -0.151. The molecule has 0 aromatic rings. The molecule has 5 heteroatoms. The smallest absolute Gasteiger partial charge is 0.325 e. The number of nitrogens with zero attached hydrogens (tertiary/aromatic N) is 1. The number of carbonyl (C=O) groups is 2. The van der Waals surface area contributed by atoms with Crippen LogP contribution in [0.15, 0.2) is 0 Å². The second kappa shape index (κ2) is 7.78. The average molecular weight is 298 g/mol. The summed E-state index contributed by atoms with van der Waals surface area (Å²) in [5.41, 5.74) is 5.56. The Balaban J connectivity index is 2.80. The fourth-order valence-corrected chi connectivity index (χ4v) is 3.12. The predicted molar refractivity (Wildman–Crippen MR) is 82.6 cm³/mol. The molecule has 0 aliphatic heterocycles. The highest BCUT2D eigenvalue weighted by Crippen LogP contribution is 2.32. The molecule has 2 N–H and O–H groups in total. The molecule has 1 fully saturated rings. The Kier molecular flexibility index (Phi) is 6.65. The summed E-state index contributed by atoms with van der Waals surface area (Å²) in [4.78, 5) is 26.2. The van der Waals surface area contributed by atoms with E-state index in [-0.39, 0.29) is 24.3 Å². The zero-order chi connectivity index (χ0) is 16.0. The van der Waals surface area contributed by atoms with Gasteiger partial charge in [0.2, 0.25) is 5.91 Å². The van der Waals surface area contributed by atoms with E-state index in [4.69, 9.17) is 10.5 Å². The molecule has 2 unspecified atom stereocenters. The monoisotopic (exact) mass is 298 g/mol. The van der Waals surface area contributed by atoms with Gasteiger partial charge in [0.05, 0.1) is 12.1 Å². The fourth-order valence-electron chi connectivity index (χ4n) is 3.12. The molecule has 5 nitrogen and oxygen atoms in total. The van der Waals surface area contributed by atoms with Crippen molar-refractivity contribution in [3.05, 3.63) is 0 Å². The van der Waals surface area contributed by atoms with Crippen LogP contribution in [0.1, 0.15) is 53.4 Å². The van der Waals surface area contributed by atoms with Crippen LogP contribution in [0.4, 0.5) is 0 Å². The van der Waals surface area contributed by atoms with Crippen LogP contribution >= 0.6 is 0 Å². The lowest BCUT2D eigenvalue weighted by Gasteiger charge is -2.39. The van der Waals surface area contributed by atoms with Crippen molar-refractivity contribution in [3.63, 3.8) is 0 Å². The maximum Gasteiger partial charge on any atom is 0.325 e. The zero-order valence-corrected chi connectivity index (χ0v) is 13.9. The Morgan fingerprint density at radius 2 is 2.10 bits per heavy atom. The highest BCUT2D eigenvalue weighted by molar-refractivity contribution is 5.89. The molecular formula is C16H30N2O3. The fraction of sp³-hybridized carbons (Fsp3) is 0.875. The zero-order valence-electron chi connectivity index (χ0n) is 13.9. The molecule has 0 heterocycles. The summed E-state index contributed by atoms with van der Waals surface area (Å²) < 4.78 is 4.97. The maximum absolute atomic E-state index is 12.8. The number of esters is 1. The van der Waals surface area contributed by atoms with Crippen molar-refractivity contribution in [3.8, 4) is 0 Å². The van der Waals surface area contributed by atoms with E-state index in [2.05, 4.69) is 6.92 Å². The normalized spacial score (nSPS) is 25.7. The van der Waals surface area contributed by atoms with E-state index in [0.717, 1.165) is 12.8 Å². The van der Waals surface area contributed by atoms with Crippen molar-refractivity contribution < 1.29 is 14.3 Å². The molecule has 0 aromatic heterocycles. The largest absolute Gasteiger partial charge is 0.465 e. The van der Waals surface area contributed by atoms with Gasteiger partial charge in [-0.2, -0.15) is 0 Å². The summed E-state index contributed by atoms with van der Waals surface area (Å²) in [6.45, 7) is 8.80. The van der Waals surface area contributed by atoms with Crippen molar-refractivity contribution in [1.82, 2.24) is 4.90 Å². The first-order valence-electron chi connectivity index (χ1n) is 8.02. The molecule has 1 aliphatic carbocycles. The third-order valence-electron chi connectivity index (χ3n) is 3.96. The summed E-state index contributed by atoms with van der Waals surface area (Å²) in [5.74, 6) is 0.277. The third-order valence-corrected chi connectivity index (χ3v) is 3.96. The van der Waals surface area contributed by atoms with Crippen molar-refractivity contribution in [2.45, 2.75) is 58.9 Å². The van der Waals surface area contributed by atoms with Gasteiger partial charge in [-0.1, -0.05) is 33.6 Å². The van der Waals surface area contributed by atoms with Gasteiger partial charge in [0.1, 0.15) is 6.54 Å². The standard InChI is InChI=1S/C16H30N2O3/c1-5-21-14(19)11-18(10-12(2)3)15(20)16(17)8-6-7-13(4)9-16/h12-13H,5-11,17H2,1-4H3. The van der Waals surface area contributed by atoms with Gasteiger partial charge in [-0.15, -0.1) is 0 Å². The first-order valence-corrected chi connectivity index (χ1v) is 8.02. The number of hydrogen-bond donors (Lipinski definition) is 1. The summed E-state index contributed by atoms with van der Waals surface area (Å²) >= 11 is 0. The third kappa shape index (κ3) is 5.30. The van der Waals surface area contributed by atoms with Gasteiger partial charge >= 0.3 is 5.97 Å². The Bertz CT molecular complexity index is 371.